The first-order chi connectivity index (χ1) is 6.06. The second kappa shape index (κ2) is 3.54. The molecule has 0 aliphatic heterocycles. The van der Waals surface area contributed by atoms with Crippen molar-refractivity contribution < 1.29 is 0 Å². The molecule has 5 heteroatoms. The molecule has 1 heterocycles. The fourth-order valence-corrected chi connectivity index (χ4v) is 0.769. The molecular weight excluding hydrogens is 166 g/mol. The zero-order chi connectivity index (χ0) is 9.90. The van der Waals surface area contributed by atoms with Gasteiger partial charge in [-0.15, -0.1) is 16.6 Å². The number of aromatic nitrogens is 4. The number of hydrogen-bond acceptors (Lipinski definition) is 4. The smallest absolute Gasteiger partial charge is 0.188 e. The molecular formula is C8H13N5. The number of aromatic amines is 1. The number of nitrogens with one attached hydrogen (secondary N) is 1. The minimum Gasteiger partial charge on any atom is -0.283 e. The van der Waals surface area contributed by atoms with Gasteiger partial charge in [0, 0.05) is 0 Å². The number of hydrogen-bond donors (Lipinski definition) is 1. The highest BCUT2D eigenvalue weighted by molar-refractivity contribution is 5.08. The second-order valence-corrected chi connectivity index (χ2v) is 3.39. The van der Waals surface area contributed by atoms with Gasteiger partial charge in [0.15, 0.2) is 5.82 Å². The first kappa shape index (κ1) is 9.68. The van der Waals surface area contributed by atoms with Crippen LogP contribution in [0.2, 0.25) is 0 Å². The van der Waals surface area contributed by atoms with Crippen molar-refractivity contribution >= 4 is 0 Å². The molecule has 0 aliphatic rings. The Kier molecular flexibility index (Phi) is 2.63. The second-order valence-electron chi connectivity index (χ2n) is 3.39. The Morgan fingerprint density at radius 1 is 1.62 bits per heavy atom. The summed E-state index contributed by atoms with van der Waals surface area (Å²) in [5, 5.41) is 13.6. The van der Waals surface area contributed by atoms with Gasteiger partial charge in [0.1, 0.15) is 0 Å². The van der Waals surface area contributed by atoms with Gasteiger partial charge in [-0.25, -0.2) is 0 Å². The van der Waals surface area contributed by atoms with E-state index in [1.807, 2.05) is 25.8 Å². The Bertz CT molecular complexity index is 295. The molecule has 1 aromatic heterocycles. The zero-order valence-corrected chi connectivity index (χ0v) is 8.07. The average Bonchev–Trinajstić information content (AvgIpc) is 2.57. The Balaban J connectivity index is 2.62. The van der Waals surface area contributed by atoms with Crippen LogP contribution in [0.4, 0.5) is 0 Å². The van der Waals surface area contributed by atoms with Crippen LogP contribution in [0.25, 0.3) is 0 Å². The van der Waals surface area contributed by atoms with Crippen molar-refractivity contribution in [2.45, 2.75) is 25.9 Å². The molecule has 1 N–H and O–H groups in total. The first-order valence-corrected chi connectivity index (χ1v) is 3.97. The van der Waals surface area contributed by atoms with Crippen molar-refractivity contribution in [3.05, 3.63) is 5.82 Å². The third-order valence-corrected chi connectivity index (χ3v) is 2.08. The molecule has 5 nitrogen and oxygen atoms in total. The lowest BCUT2D eigenvalue weighted by Gasteiger charge is -2.29. The quantitative estimate of drug-likeness (QED) is 0.666. The lowest BCUT2D eigenvalue weighted by molar-refractivity contribution is 0.200. The number of H-pyrrole nitrogens is 1. The van der Waals surface area contributed by atoms with Crippen LogP contribution in [0.5, 0.6) is 0 Å². The topological polar surface area (TPSA) is 57.7 Å². The molecule has 0 saturated carbocycles. The summed E-state index contributed by atoms with van der Waals surface area (Å²) in [6, 6.07) is 0. The lowest BCUT2D eigenvalue weighted by atomic mass is 10.1. The molecule has 1 aromatic rings. The Morgan fingerprint density at radius 2 is 2.31 bits per heavy atom. The average molecular weight is 179 g/mol. The number of terminal acetylenes is 1. The van der Waals surface area contributed by atoms with Crippen molar-refractivity contribution in [1.29, 1.82) is 0 Å². The fourth-order valence-electron chi connectivity index (χ4n) is 0.769. The van der Waals surface area contributed by atoms with Gasteiger partial charge in [-0.3, -0.25) is 4.90 Å². The van der Waals surface area contributed by atoms with Gasteiger partial charge < -0.3 is 0 Å². The normalized spacial score (nSPS) is 11.6. The highest BCUT2D eigenvalue weighted by atomic mass is 15.5. The molecule has 0 saturated heterocycles. The molecule has 0 aliphatic carbocycles. The van der Waals surface area contributed by atoms with Gasteiger partial charge in [0.2, 0.25) is 0 Å². The maximum atomic E-state index is 5.38. The number of nitrogens with zero attached hydrogens (tertiary/aromatic N) is 4. The van der Waals surface area contributed by atoms with Gasteiger partial charge in [-0.2, -0.15) is 5.21 Å². The van der Waals surface area contributed by atoms with E-state index in [1.54, 1.807) is 0 Å². The van der Waals surface area contributed by atoms with E-state index in [9.17, 15) is 0 Å². The molecule has 1 rings (SSSR count). The summed E-state index contributed by atoms with van der Waals surface area (Å²) in [5.74, 6) is 3.34. The van der Waals surface area contributed by atoms with Crippen molar-refractivity contribution in [3.8, 4) is 12.3 Å². The summed E-state index contributed by atoms with van der Waals surface area (Å²) in [6.45, 7) is 4.52. The first-order valence-electron chi connectivity index (χ1n) is 3.97. The van der Waals surface area contributed by atoms with Crippen LogP contribution in [0.15, 0.2) is 0 Å². The Morgan fingerprint density at radius 3 is 2.77 bits per heavy atom. The third-order valence-electron chi connectivity index (χ3n) is 2.08. The van der Waals surface area contributed by atoms with E-state index < -0.39 is 0 Å². The summed E-state index contributed by atoms with van der Waals surface area (Å²) in [4.78, 5) is 1.98. The monoisotopic (exact) mass is 179 g/mol. The van der Waals surface area contributed by atoms with Crippen LogP contribution in [-0.4, -0.2) is 38.1 Å². The molecule has 13 heavy (non-hydrogen) atoms. The van der Waals surface area contributed by atoms with Crippen molar-refractivity contribution in [2.75, 3.05) is 7.05 Å². The summed E-state index contributed by atoms with van der Waals surface area (Å²) in [7, 11) is 1.93. The third kappa shape index (κ3) is 2.26. The van der Waals surface area contributed by atoms with Crippen molar-refractivity contribution in [2.24, 2.45) is 0 Å². The number of rotatable bonds is 3. The molecule has 0 bridgehead atoms. The van der Waals surface area contributed by atoms with E-state index in [-0.39, 0.29) is 5.54 Å². The molecule has 70 valence electrons. The van der Waals surface area contributed by atoms with E-state index in [0.29, 0.717) is 12.4 Å². The summed E-state index contributed by atoms with van der Waals surface area (Å²) in [5.41, 5.74) is -0.291. The van der Waals surface area contributed by atoms with Gasteiger partial charge in [0.25, 0.3) is 0 Å². The zero-order valence-electron chi connectivity index (χ0n) is 8.07. The number of tetrazole rings is 1. The summed E-state index contributed by atoms with van der Waals surface area (Å²) < 4.78 is 0. The van der Waals surface area contributed by atoms with Crippen molar-refractivity contribution in [3.63, 3.8) is 0 Å². The van der Waals surface area contributed by atoms with Crippen molar-refractivity contribution in [1.82, 2.24) is 25.5 Å². The van der Waals surface area contributed by atoms with Gasteiger partial charge in [0.05, 0.1) is 12.1 Å². The van der Waals surface area contributed by atoms with E-state index in [2.05, 4.69) is 26.5 Å². The van der Waals surface area contributed by atoms with Crippen LogP contribution in [0.3, 0.4) is 0 Å². The van der Waals surface area contributed by atoms with Gasteiger partial charge in [-0.05, 0) is 20.9 Å². The van der Waals surface area contributed by atoms with Crippen LogP contribution in [0.1, 0.15) is 19.7 Å². The minimum atomic E-state index is -0.291. The fraction of sp³-hybridized carbons (Fsp3) is 0.625. The van der Waals surface area contributed by atoms with E-state index in [0.717, 1.165) is 0 Å². The summed E-state index contributed by atoms with van der Waals surface area (Å²) >= 11 is 0. The molecule has 0 radical (unpaired) electrons. The van der Waals surface area contributed by atoms with Crippen LogP contribution in [0, 0.1) is 12.3 Å². The predicted octanol–water partition coefficient (Wildman–Crippen LogP) is 0.0433. The SMILES string of the molecule is C#CC(C)(C)N(C)Cc1nn[nH]n1. The van der Waals surface area contributed by atoms with Crippen LogP contribution >= 0.6 is 0 Å². The molecule has 0 aromatic carbocycles. The molecule has 0 fully saturated rings. The minimum absolute atomic E-state index is 0.291. The Hall–Kier alpha value is -1.41. The van der Waals surface area contributed by atoms with Gasteiger partial charge in [-0.1, -0.05) is 11.1 Å². The van der Waals surface area contributed by atoms with E-state index in [1.165, 1.54) is 0 Å². The Labute approximate surface area is 77.5 Å². The maximum absolute atomic E-state index is 5.38. The molecule has 0 spiro atoms. The lowest BCUT2D eigenvalue weighted by Crippen LogP contribution is -2.39. The summed E-state index contributed by atoms with van der Waals surface area (Å²) in [6.07, 6.45) is 5.38. The maximum Gasteiger partial charge on any atom is 0.188 e. The highest BCUT2D eigenvalue weighted by Gasteiger charge is 2.21. The molecule has 0 amide bonds. The molecule has 0 unspecified atom stereocenters. The standard InChI is InChI=1S/C8H13N5/c1-5-8(2,3)13(4)6-7-9-11-12-10-7/h1H,6H2,2-4H3,(H,9,10,11,12). The highest BCUT2D eigenvalue weighted by Crippen LogP contribution is 2.11. The van der Waals surface area contributed by atoms with Gasteiger partial charge >= 0.3 is 0 Å². The molecule has 0 atom stereocenters. The predicted molar refractivity (Wildman–Crippen MR) is 48.6 cm³/mol. The van der Waals surface area contributed by atoms with Crippen LogP contribution < -0.4 is 0 Å². The van der Waals surface area contributed by atoms with E-state index in [4.69, 9.17) is 6.42 Å². The van der Waals surface area contributed by atoms with Crippen LogP contribution in [-0.2, 0) is 6.54 Å². The largest absolute Gasteiger partial charge is 0.283 e. The van der Waals surface area contributed by atoms with E-state index >= 15 is 0 Å².